The minimum atomic E-state index is -3.19. The van der Waals surface area contributed by atoms with Gasteiger partial charge < -0.3 is 10.1 Å². The van der Waals surface area contributed by atoms with Gasteiger partial charge in [-0.05, 0) is 32.6 Å². The number of piperidine rings is 1. The summed E-state index contributed by atoms with van der Waals surface area (Å²) in [5.41, 5.74) is 0. The molecule has 0 aromatic rings. The van der Waals surface area contributed by atoms with Crippen molar-refractivity contribution < 1.29 is 17.9 Å². The molecule has 7 heteroatoms. The lowest BCUT2D eigenvalue weighted by atomic mass is 9.99. The summed E-state index contributed by atoms with van der Waals surface area (Å²) < 4.78 is 30.6. The molecule has 6 nitrogen and oxygen atoms in total. The normalized spacial score (nSPS) is 28.4. The van der Waals surface area contributed by atoms with E-state index in [0.29, 0.717) is 19.6 Å². The van der Waals surface area contributed by atoms with E-state index in [0.717, 1.165) is 32.3 Å². The van der Waals surface area contributed by atoms with Gasteiger partial charge in [-0.2, -0.15) is 0 Å². The molecule has 0 saturated carbocycles. The topological polar surface area (TPSA) is 75.7 Å². The molecule has 116 valence electrons. The van der Waals surface area contributed by atoms with Gasteiger partial charge in [0, 0.05) is 26.2 Å². The zero-order valence-corrected chi connectivity index (χ0v) is 12.8. The fraction of sp³-hybridized carbons (Fsp3) is 0.923. The Morgan fingerprint density at radius 2 is 2.15 bits per heavy atom. The van der Waals surface area contributed by atoms with Crippen LogP contribution in [0, 0.1) is 5.92 Å². The number of ether oxygens (including phenoxy) is 1. The van der Waals surface area contributed by atoms with E-state index in [1.807, 2.05) is 0 Å². The first-order valence-corrected chi connectivity index (χ1v) is 9.01. The molecule has 2 fully saturated rings. The molecule has 2 saturated heterocycles. The number of nitrogens with one attached hydrogen (secondary N) is 1. The van der Waals surface area contributed by atoms with E-state index in [1.165, 1.54) is 4.31 Å². The molecule has 20 heavy (non-hydrogen) atoms. The highest BCUT2D eigenvalue weighted by atomic mass is 32.2. The summed E-state index contributed by atoms with van der Waals surface area (Å²) in [7, 11) is -3.19. The maximum atomic E-state index is 12.1. The van der Waals surface area contributed by atoms with Crippen molar-refractivity contribution in [2.45, 2.75) is 38.7 Å². The van der Waals surface area contributed by atoms with E-state index in [9.17, 15) is 13.2 Å². The first kappa shape index (κ1) is 15.7. The highest BCUT2D eigenvalue weighted by Gasteiger charge is 2.31. The van der Waals surface area contributed by atoms with Crippen molar-refractivity contribution in [3.63, 3.8) is 0 Å². The van der Waals surface area contributed by atoms with Gasteiger partial charge in [0.1, 0.15) is 0 Å². The predicted octanol–water partition coefficient (Wildman–Crippen LogP) is 0.343. The lowest BCUT2D eigenvalue weighted by molar-refractivity contribution is -0.126. The molecule has 0 spiro atoms. The van der Waals surface area contributed by atoms with Gasteiger partial charge in [-0.15, -0.1) is 0 Å². The Kier molecular flexibility index (Phi) is 5.40. The maximum Gasteiger partial charge on any atom is 0.224 e. The molecule has 0 aliphatic carbocycles. The van der Waals surface area contributed by atoms with Gasteiger partial charge in [0.25, 0.3) is 0 Å². The summed E-state index contributed by atoms with van der Waals surface area (Å²) >= 11 is 0. The fourth-order valence-electron chi connectivity index (χ4n) is 2.76. The van der Waals surface area contributed by atoms with Crippen LogP contribution < -0.4 is 5.32 Å². The third kappa shape index (κ3) is 3.93. The fourth-order valence-corrected chi connectivity index (χ4v) is 3.94. The second-order valence-corrected chi connectivity index (χ2v) is 7.74. The largest absolute Gasteiger partial charge is 0.376 e. The van der Waals surface area contributed by atoms with Gasteiger partial charge in [-0.25, -0.2) is 12.7 Å². The van der Waals surface area contributed by atoms with E-state index in [-0.39, 0.29) is 23.7 Å². The van der Waals surface area contributed by atoms with Crippen LogP contribution >= 0.6 is 0 Å². The second kappa shape index (κ2) is 6.87. The van der Waals surface area contributed by atoms with Crippen molar-refractivity contribution in [1.29, 1.82) is 0 Å². The highest BCUT2D eigenvalue weighted by molar-refractivity contribution is 7.89. The minimum absolute atomic E-state index is 0.0449. The van der Waals surface area contributed by atoms with Crippen LogP contribution in [-0.2, 0) is 19.6 Å². The number of amides is 1. The zero-order valence-electron chi connectivity index (χ0n) is 12.0. The van der Waals surface area contributed by atoms with E-state index >= 15 is 0 Å². The monoisotopic (exact) mass is 304 g/mol. The smallest absolute Gasteiger partial charge is 0.224 e. The standard InChI is InChI=1S/C13H24N2O4S/c1-2-20(17,18)15-7-3-5-11(10-15)13(16)14-9-12-6-4-8-19-12/h11-12H,2-10H2,1H3,(H,14,16)/t11-,12+/m0/s1. The Morgan fingerprint density at radius 3 is 2.80 bits per heavy atom. The maximum absolute atomic E-state index is 12.1. The van der Waals surface area contributed by atoms with Crippen LogP contribution in [0.4, 0.5) is 0 Å². The first-order chi connectivity index (χ1) is 9.53. The van der Waals surface area contributed by atoms with Crippen molar-refractivity contribution in [3.05, 3.63) is 0 Å². The lowest BCUT2D eigenvalue weighted by Gasteiger charge is -2.31. The number of sulfonamides is 1. The summed E-state index contributed by atoms with van der Waals surface area (Å²) in [6.45, 7) is 3.79. The first-order valence-electron chi connectivity index (χ1n) is 7.40. The molecule has 2 aliphatic rings. The molecule has 2 atom stereocenters. The van der Waals surface area contributed by atoms with Crippen molar-refractivity contribution >= 4 is 15.9 Å². The molecule has 1 N–H and O–H groups in total. The summed E-state index contributed by atoms with van der Waals surface area (Å²) in [6.07, 6.45) is 3.66. The number of hydrogen-bond acceptors (Lipinski definition) is 4. The van der Waals surface area contributed by atoms with Crippen LogP contribution in [-0.4, -0.2) is 56.7 Å². The van der Waals surface area contributed by atoms with Gasteiger partial charge in [0.05, 0.1) is 17.8 Å². The molecule has 0 unspecified atom stereocenters. The van der Waals surface area contributed by atoms with E-state index in [4.69, 9.17) is 4.74 Å². The summed E-state index contributed by atoms with van der Waals surface area (Å²) in [5.74, 6) is -0.181. The zero-order chi connectivity index (χ0) is 14.6. The van der Waals surface area contributed by atoms with Crippen LogP contribution in [0.1, 0.15) is 32.6 Å². The predicted molar refractivity (Wildman–Crippen MR) is 75.7 cm³/mol. The van der Waals surface area contributed by atoms with Gasteiger partial charge >= 0.3 is 0 Å². The quantitative estimate of drug-likeness (QED) is 0.795. The molecule has 2 heterocycles. The van der Waals surface area contributed by atoms with Gasteiger partial charge in [-0.3, -0.25) is 4.79 Å². The van der Waals surface area contributed by atoms with Gasteiger partial charge in [0.2, 0.25) is 15.9 Å². The van der Waals surface area contributed by atoms with Crippen molar-refractivity contribution in [1.82, 2.24) is 9.62 Å². The summed E-state index contributed by atoms with van der Waals surface area (Å²) in [5, 5.41) is 2.90. The van der Waals surface area contributed by atoms with Gasteiger partial charge in [-0.1, -0.05) is 0 Å². The Labute approximate surface area is 120 Å². The van der Waals surface area contributed by atoms with Crippen LogP contribution in [0.25, 0.3) is 0 Å². The average molecular weight is 304 g/mol. The summed E-state index contributed by atoms with van der Waals surface area (Å²) in [6, 6.07) is 0. The number of nitrogens with zero attached hydrogens (tertiary/aromatic N) is 1. The summed E-state index contributed by atoms with van der Waals surface area (Å²) in [4.78, 5) is 12.1. The average Bonchev–Trinajstić information content (AvgIpc) is 2.98. The Morgan fingerprint density at radius 1 is 1.35 bits per heavy atom. The molecular weight excluding hydrogens is 280 g/mol. The number of hydrogen-bond donors (Lipinski definition) is 1. The van der Waals surface area contributed by atoms with Gasteiger partial charge in [0.15, 0.2) is 0 Å². The van der Waals surface area contributed by atoms with Crippen LogP contribution in [0.5, 0.6) is 0 Å². The van der Waals surface area contributed by atoms with Crippen molar-refractivity contribution in [2.24, 2.45) is 5.92 Å². The Bertz CT molecular complexity index is 432. The second-order valence-electron chi connectivity index (χ2n) is 5.48. The molecule has 2 rings (SSSR count). The SMILES string of the molecule is CCS(=O)(=O)N1CCC[C@H](C(=O)NC[C@H]2CCCO2)C1. The Hall–Kier alpha value is -0.660. The van der Waals surface area contributed by atoms with E-state index in [1.54, 1.807) is 6.92 Å². The minimum Gasteiger partial charge on any atom is -0.376 e. The Balaban J connectivity index is 1.83. The number of carbonyl (C=O) groups excluding carboxylic acids is 1. The third-order valence-corrected chi connectivity index (χ3v) is 5.89. The molecule has 0 bridgehead atoms. The molecule has 0 radical (unpaired) electrons. The molecule has 0 aromatic carbocycles. The highest BCUT2D eigenvalue weighted by Crippen LogP contribution is 2.20. The van der Waals surface area contributed by atoms with Crippen LogP contribution in [0.15, 0.2) is 0 Å². The van der Waals surface area contributed by atoms with Crippen molar-refractivity contribution in [2.75, 3.05) is 32.0 Å². The molecule has 0 aromatic heterocycles. The van der Waals surface area contributed by atoms with E-state index < -0.39 is 10.0 Å². The van der Waals surface area contributed by atoms with E-state index in [2.05, 4.69) is 5.32 Å². The van der Waals surface area contributed by atoms with Crippen LogP contribution in [0.3, 0.4) is 0 Å². The van der Waals surface area contributed by atoms with Crippen LogP contribution in [0.2, 0.25) is 0 Å². The molecular formula is C13H24N2O4S. The molecule has 1 amide bonds. The number of carbonyl (C=O) groups is 1. The number of rotatable bonds is 5. The third-order valence-electron chi connectivity index (χ3n) is 4.04. The van der Waals surface area contributed by atoms with Crippen molar-refractivity contribution in [3.8, 4) is 0 Å². The molecule has 2 aliphatic heterocycles. The lowest BCUT2D eigenvalue weighted by Crippen LogP contribution is -2.46.